The molecule has 4 N–H and O–H groups in total. The first-order valence-electron chi connectivity index (χ1n) is 5.88. The van der Waals surface area contributed by atoms with Crippen LogP contribution in [0, 0.1) is 11.6 Å². The number of hydrogen-bond acceptors (Lipinski definition) is 5. The Labute approximate surface area is 115 Å². The quantitative estimate of drug-likeness (QED) is 0.592. The van der Waals surface area contributed by atoms with Gasteiger partial charge in [0.15, 0.2) is 23.3 Å². The molecular formula is C13H15F2N5. The molecule has 5 nitrogen and oxygen atoms in total. The standard InChI is InChI=1S/C13H15F2N5/c1-20(2)9-5-3-4-8(6-9)17-12-10(14)7-11(15)13(18-12)19-16/h3-7H,16H2,1-2H3,(H2,17,18,19). The van der Waals surface area contributed by atoms with E-state index in [1.165, 1.54) is 0 Å². The maximum atomic E-state index is 13.7. The van der Waals surface area contributed by atoms with Gasteiger partial charge in [-0.3, -0.25) is 0 Å². The van der Waals surface area contributed by atoms with Gasteiger partial charge in [-0.05, 0) is 18.2 Å². The summed E-state index contributed by atoms with van der Waals surface area (Å²) in [5.41, 5.74) is 3.65. The van der Waals surface area contributed by atoms with Crippen LogP contribution in [0.4, 0.5) is 31.8 Å². The Morgan fingerprint density at radius 3 is 2.45 bits per heavy atom. The van der Waals surface area contributed by atoms with Crippen molar-refractivity contribution >= 4 is 23.0 Å². The molecule has 0 bridgehead atoms. The number of nitrogen functional groups attached to an aromatic ring is 1. The van der Waals surface area contributed by atoms with Crippen molar-refractivity contribution in [1.29, 1.82) is 0 Å². The summed E-state index contributed by atoms with van der Waals surface area (Å²) in [4.78, 5) is 5.66. The Morgan fingerprint density at radius 1 is 1.10 bits per heavy atom. The first-order chi connectivity index (χ1) is 9.51. The Balaban J connectivity index is 2.32. The van der Waals surface area contributed by atoms with E-state index in [4.69, 9.17) is 5.84 Å². The van der Waals surface area contributed by atoms with Gasteiger partial charge in [-0.2, -0.15) is 0 Å². The third kappa shape index (κ3) is 2.94. The third-order valence-electron chi connectivity index (χ3n) is 2.69. The number of benzene rings is 1. The Hall–Kier alpha value is -2.41. The molecule has 1 heterocycles. The number of hydrogen-bond donors (Lipinski definition) is 3. The predicted molar refractivity (Wildman–Crippen MR) is 76.0 cm³/mol. The first-order valence-corrected chi connectivity index (χ1v) is 5.88. The normalized spacial score (nSPS) is 10.2. The zero-order chi connectivity index (χ0) is 14.7. The van der Waals surface area contributed by atoms with E-state index in [0.29, 0.717) is 5.69 Å². The summed E-state index contributed by atoms with van der Waals surface area (Å²) in [6, 6.07) is 8.03. The van der Waals surface area contributed by atoms with Gasteiger partial charge in [0.25, 0.3) is 0 Å². The van der Waals surface area contributed by atoms with Crippen LogP contribution in [0.25, 0.3) is 0 Å². The second-order valence-electron chi connectivity index (χ2n) is 4.36. The van der Waals surface area contributed by atoms with Gasteiger partial charge in [0, 0.05) is 31.5 Å². The minimum Gasteiger partial charge on any atom is -0.378 e. The number of halogens is 2. The average Bonchev–Trinajstić information content (AvgIpc) is 2.42. The molecule has 0 amide bonds. The molecule has 0 atom stereocenters. The summed E-state index contributed by atoms with van der Waals surface area (Å²) in [6.07, 6.45) is 0. The minimum absolute atomic E-state index is 0.102. The molecule has 2 rings (SSSR count). The first kappa shape index (κ1) is 14.0. The molecule has 0 aliphatic carbocycles. The van der Waals surface area contributed by atoms with E-state index < -0.39 is 11.6 Å². The largest absolute Gasteiger partial charge is 0.378 e. The fourth-order valence-corrected chi connectivity index (χ4v) is 1.65. The van der Waals surface area contributed by atoms with E-state index >= 15 is 0 Å². The van der Waals surface area contributed by atoms with E-state index in [1.54, 1.807) is 6.07 Å². The van der Waals surface area contributed by atoms with E-state index in [-0.39, 0.29) is 11.6 Å². The fraction of sp³-hybridized carbons (Fsp3) is 0.154. The zero-order valence-electron chi connectivity index (χ0n) is 11.1. The van der Waals surface area contributed by atoms with Crippen LogP contribution >= 0.6 is 0 Å². The van der Waals surface area contributed by atoms with Crippen molar-refractivity contribution in [3.8, 4) is 0 Å². The van der Waals surface area contributed by atoms with E-state index in [0.717, 1.165) is 11.8 Å². The number of pyridine rings is 1. The number of hydrazine groups is 1. The van der Waals surface area contributed by atoms with Crippen LogP contribution < -0.4 is 21.5 Å². The number of nitrogens with zero attached hydrogens (tertiary/aromatic N) is 2. The Morgan fingerprint density at radius 2 is 1.80 bits per heavy atom. The lowest BCUT2D eigenvalue weighted by atomic mass is 10.2. The lowest BCUT2D eigenvalue weighted by molar-refractivity contribution is 0.579. The molecular weight excluding hydrogens is 264 g/mol. The van der Waals surface area contributed by atoms with Crippen LogP contribution in [0.3, 0.4) is 0 Å². The molecule has 20 heavy (non-hydrogen) atoms. The molecule has 0 saturated heterocycles. The van der Waals surface area contributed by atoms with E-state index in [1.807, 2.05) is 37.2 Å². The summed E-state index contributed by atoms with van der Waals surface area (Å²) < 4.78 is 26.9. The van der Waals surface area contributed by atoms with Crippen LogP contribution in [0.2, 0.25) is 0 Å². The van der Waals surface area contributed by atoms with Gasteiger partial charge < -0.3 is 15.6 Å². The highest BCUT2D eigenvalue weighted by atomic mass is 19.1. The van der Waals surface area contributed by atoms with Gasteiger partial charge in [-0.15, -0.1) is 0 Å². The lowest BCUT2D eigenvalue weighted by Gasteiger charge is -2.14. The molecule has 2 aromatic rings. The average molecular weight is 279 g/mol. The molecule has 0 spiro atoms. The smallest absolute Gasteiger partial charge is 0.178 e. The second kappa shape index (κ2) is 5.70. The SMILES string of the molecule is CN(C)c1cccc(Nc2nc(NN)c(F)cc2F)c1. The van der Waals surface area contributed by atoms with Crippen molar-refractivity contribution < 1.29 is 8.78 Å². The molecule has 0 radical (unpaired) electrons. The highest BCUT2D eigenvalue weighted by Crippen LogP contribution is 2.24. The highest BCUT2D eigenvalue weighted by Gasteiger charge is 2.11. The maximum Gasteiger partial charge on any atom is 0.178 e. The molecule has 0 fully saturated rings. The van der Waals surface area contributed by atoms with Crippen LogP contribution in [0.15, 0.2) is 30.3 Å². The van der Waals surface area contributed by atoms with Gasteiger partial charge in [0.1, 0.15) is 0 Å². The molecule has 7 heteroatoms. The van der Waals surface area contributed by atoms with Crippen LogP contribution in [0.1, 0.15) is 0 Å². The lowest BCUT2D eigenvalue weighted by Crippen LogP contribution is -2.12. The summed E-state index contributed by atoms with van der Waals surface area (Å²) >= 11 is 0. The fourth-order valence-electron chi connectivity index (χ4n) is 1.65. The third-order valence-corrected chi connectivity index (χ3v) is 2.69. The monoisotopic (exact) mass is 279 g/mol. The van der Waals surface area contributed by atoms with Crippen molar-refractivity contribution in [2.75, 3.05) is 29.7 Å². The van der Waals surface area contributed by atoms with Crippen LogP contribution in [-0.2, 0) is 0 Å². The Bertz CT molecular complexity index is 616. The number of aromatic nitrogens is 1. The summed E-state index contributed by atoms with van der Waals surface area (Å²) in [5, 5.41) is 2.79. The van der Waals surface area contributed by atoms with Crippen molar-refractivity contribution in [2.45, 2.75) is 0 Å². The minimum atomic E-state index is -0.849. The van der Waals surface area contributed by atoms with E-state index in [9.17, 15) is 8.78 Å². The van der Waals surface area contributed by atoms with E-state index in [2.05, 4.69) is 15.7 Å². The molecule has 106 valence electrons. The summed E-state index contributed by atoms with van der Waals surface area (Å²) in [6.45, 7) is 0. The number of rotatable bonds is 4. The second-order valence-corrected chi connectivity index (χ2v) is 4.36. The van der Waals surface area contributed by atoms with Gasteiger partial charge >= 0.3 is 0 Å². The van der Waals surface area contributed by atoms with Gasteiger partial charge in [0.05, 0.1) is 0 Å². The van der Waals surface area contributed by atoms with Crippen molar-refractivity contribution in [2.24, 2.45) is 5.84 Å². The van der Waals surface area contributed by atoms with Crippen LogP contribution in [0.5, 0.6) is 0 Å². The highest BCUT2D eigenvalue weighted by molar-refractivity contribution is 5.64. The summed E-state index contributed by atoms with van der Waals surface area (Å²) in [7, 11) is 3.79. The van der Waals surface area contributed by atoms with Crippen molar-refractivity contribution in [1.82, 2.24) is 4.98 Å². The molecule has 0 saturated carbocycles. The summed E-state index contributed by atoms with van der Waals surface area (Å²) in [5.74, 6) is 3.15. The van der Waals surface area contributed by atoms with Gasteiger partial charge in [-0.25, -0.2) is 19.6 Å². The molecule has 0 aliphatic heterocycles. The predicted octanol–water partition coefficient (Wildman–Crippen LogP) is 2.46. The molecule has 0 unspecified atom stereocenters. The molecule has 1 aromatic heterocycles. The molecule has 0 aliphatic rings. The number of anilines is 4. The maximum absolute atomic E-state index is 13.7. The van der Waals surface area contributed by atoms with Crippen LogP contribution in [-0.4, -0.2) is 19.1 Å². The van der Waals surface area contributed by atoms with Crippen molar-refractivity contribution in [3.63, 3.8) is 0 Å². The number of nitrogens with one attached hydrogen (secondary N) is 2. The Kier molecular flexibility index (Phi) is 3.99. The number of nitrogens with two attached hydrogens (primary N) is 1. The van der Waals surface area contributed by atoms with Gasteiger partial charge in [-0.1, -0.05) is 6.07 Å². The van der Waals surface area contributed by atoms with Gasteiger partial charge in [0.2, 0.25) is 0 Å². The van der Waals surface area contributed by atoms with Crippen molar-refractivity contribution in [3.05, 3.63) is 42.0 Å². The molecule has 1 aromatic carbocycles. The topological polar surface area (TPSA) is 66.2 Å². The zero-order valence-corrected chi connectivity index (χ0v) is 11.1.